The third-order valence-corrected chi connectivity index (χ3v) is 9.49. The minimum atomic E-state index is -0.0527. The predicted octanol–water partition coefficient (Wildman–Crippen LogP) is 9.34. The van der Waals surface area contributed by atoms with Crippen molar-refractivity contribution in [2.45, 2.75) is 65.8 Å². The molecule has 5 aromatic rings. The van der Waals surface area contributed by atoms with Gasteiger partial charge in [0, 0.05) is 45.5 Å². The predicted molar refractivity (Wildman–Crippen MR) is 174 cm³/mol. The van der Waals surface area contributed by atoms with Crippen molar-refractivity contribution in [3.05, 3.63) is 117 Å². The molecule has 3 aromatic carbocycles. The zero-order valence-corrected chi connectivity index (χ0v) is 25.0. The monoisotopic (exact) mass is 559 g/mol. The number of nitrogens with one attached hydrogen (secondary N) is 1. The smallest absolute Gasteiger partial charge is 0.259 e. The Hall–Kier alpha value is -3.96. The number of nitrogens with zero attached hydrogens (tertiary/aromatic N) is 2. The molecule has 4 nitrogen and oxygen atoms in total. The normalized spacial score (nSPS) is 13.7. The van der Waals surface area contributed by atoms with Crippen LogP contribution in [0.3, 0.4) is 0 Å². The van der Waals surface area contributed by atoms with Crippen LogP contribution in [0.2, 0.25) is 0 Å². The highest BCUT2D eigenvalue weighted by Crippen LogP contribution is 2.40. The highest BCUT2D eigenvalue weighted by atomic mass is 32.1. The number of benzene rings is 3. The van der Waals surface area contributed by atoms with Gasteiger partial charge in [0.15, 0.2) is 0 Å². The molecule has 0 saturated heterocycles. The number of rotatable bonds is 6. The second-order valence-corrected chi connectivity index (χ2v) is 12.3. The van der Waals surface area contributed by atoms with Gasteiger partial charge in [0.25, 0.3) is 5.91 Å². The van der Waals surface area contributed by atoms with Gasteiger partial charge in [-0.15, -0.1) is 11.3 Å². The highest BCUT2D eigenvalue weighted by molar-refractivity contribution is 7.16. The van der Waals surface area contributed by atoms with Gasteiger partial charge in [-0.3, -0.25) is 4.79 Å². The molecule has 0 atom stereocenters. The SMILES string of the molecule is Cc1cccc(Cn2c(C)c(C=Nc3sc4c(c3C(=O)Nc3ccccc3C)CCCCCC4)c3ccccc32)c1. The molecule has 0 fully saturated rings. The Morgan fingerprint density at radius 3 is 2.54 bits per heavy atom. The van der Waals surface area contributed by atoms with Crippen molar-refractivity contribution < 1.29 is 4.79 Å². The average Bonchev–Trinajstić information content (AvgIpc) is 3.42. The number of aromatic nitrogens is 1. The van der Waals surface area contributed by atoms with E-state index in [9.17, 15) is 4.79 Å². The zero-order chi connectivity index (χ0) is 28.3. The summed E-state index contributed by atoms with van der Waals surface area (Å²) in [4.78, 5) is 20.3. The standard InChI is InChI=1S/C36H37N3OS/c1-24-13-12-15-27(21-24)23-39-26(3)30(28-16-9-11-19-32(28)39)22-37-36-34(29-17-6-4-5-7-20-33(29)41-36)35(40)38-31-18-10-8-14-25(31)2/h8-16,18-19,21-22H,4-7,17,20,23H2,1-3H3,(H,38,40). The maximum absolute atomic E-state index is 13.9. The van der Waals surface area contributed by atoms with E-state index in [0.29, 0.717) is 0 Å². The fraction of sp³-hybridized carbons (Fsp3) is 0.278. The van der Waals surface area contributed by atoms with Crippen LogP contribution in [0.25, 0.3) is 10.9 Å². The van der Waals surface area contributed by atoms with Gasteiger partial charge in [-0.2, -0.15) is 0 Å². The first-order valence-corrected chi connectivity index (χ1v) is 15.5. The van der Waals surface area contributed by atoms with Crippen LogP contribution in [0.1, 0.15) is 74.4 Å². The van der Waals surface area contributed by atoms with Gasteiger partial charge in [-0.25, -0.2) is 4.99 Å². The summed E-state index contributed by atoms with van der Waals surface area (Å²) in [6.07, 6.45) is 8.70. The number of carbonyl (C=O) groups is 1. The van der Waals surface area contributed by atoms with Crippen molar-refractivity contribution >= 4 is 45.0 Å². The van der Waals surface area contributed by atoms with E-state index in [2.05, 4.69) is 72.3 Å². The Kier molecular flexibility index (Phi) is 7.89. The minimum Gasteiger partial charge on any atom is -0.340 e. The summed E-state index contributed by atoms with van der Waals surface area (Å²) in [6, 6.07) is 25.2. The molecule has 0 bridgehead atoms. The van der Waals surface area contributed by atoms with Crippen LogP contribution in [-0.2, 0) is 19.4 Å². The molecule has 0 saturated carbocycles. The number of fused-ring (bicyclic) bond motifs is 2. The maximum atomic E-state index is 13.9. The van der Waals surface area contributed by atoms with E-state index >= 15 is 0 Å². The van der Waals surface area contributed by atoms with Crippen LogP contribution < -0.4 is 5.32 Å². The summed E-state index contributed by atoms with van der Waals surface area (Å²) in [7, 11) is 0. The second-order valence-electron chi connectivity index (χ2n) is 11.2. The summed E-state index contributed by atoms with van der Waals surface area (Å²) in [5.74, 6) is -0.0527. The number of para-hydroxylation sites is 2. The number of aliphatic imine (C=N–C) groups is 1. The van der Waals surface area contributed by atoms with Gasteiger partial charge in [0.1, 0.15) is 5.00 Å². The summed E-state index contributed by atoms with van der Waals surface area (Å²) in [6.45, 7) is 7.15. The van der Waals surface area contributed by atoms with Crippen molar-refractivity contribution in [1.82, 2.24) is 4.57 Å². The van der Waals surface area contributed by atoms with Crippen molar-refractivity contribution in [1.29, 1.82) is 0 Å². The summed E-state index contributed by atoms with van der Waals surface area (Å²) in [5.41, 5.74) is 9.91. The number of hydrogen-bond acceptors (Lipinski definition) is 3. The Labute approximate surface area is 246 Å². The number of thiophene rings is 1. The summed E-state index contributed by atoms with van der Waals surface area (Å²) < 4.78 is 2.38. The molecule has 2 heterocycles. The zero-order valence-electron chi connectivity index (χ0n) is 24.2. The Morgan fingerprint density at radius 1 is 0.927 bits per heavy atom. The lowest BCUT2D eigenvalue weighted by Gasteiger charge is -2.12. The Balaban J connectivity index is 1.41. The molecule has 1 amide bonds. The number of anilines is 1. The fourth-order valence-electron chi connectivity index (χ4n) is 6.07. The molecule has 0 radical (unpaired) electrons. The van der Waals surface area contributed by atoms with Gasteiger partial charge >= 0.3 is 0 Å². The van der Waals surface area contributed by atoms with Crippen LogP contribution in [0.5, 0.6) is 0 Å². The molecule has 41 heavy (non-hydrogen) atoms. The molecule has 208 valence electrons. The molecule has 2 aromatic heterocycles. The van der Waals surface area contributed by atoms with E-state index in [1.165, 1.54) is 57.4 Å². The first-order valence-electron chi connectivity index (χ1n) is 14.7. The van der Waals surface area contributed by atoms with Gasteiger partial charge in [0.05, 0.1) is 5.56 Å². The lowest BCUT2D eigenvalue weighted by molar-refractivity contribution is 0.102. The third kappa shape index (κ3) is 5.64. The van der Waals surface area contributed by atoms with Crippen molar-refractivity contribution in [2.24, 2.45) is 4.99 Å². The third-order valence-electron chi connectivity index (χ3n) is 8.29. The van der Waals surface area contributed by atoms with Gasteiger partial charge in [-0.05, 0) is 75.3 Å². The fourth-order valence-corrected chi connectivity index (χ4v) is 7.30. The van der Waals surface area contributed by atoms with E-state index in [1.54, 1.807) is 11.3 Å². The maximum Gasteiger partial charge on any atom is 0.259 e. The molecule has 1 aliphatic rings. The van der Waals surface area contributed by atoms with Gasteiger partial charge in [0.2, 0.25) is 0 Å². The molecule has 0 spiro atoms. The largest absolute Gasteiger partial charge is 0.340 e. The quantitative estimate of drug-likeness (QED) is 0.207. The number of carbonyl (C=O) groups excluding carboxylic acids is 1. The summed E-state index contributed by atoms with van der Waals surface area (Å²) in [5, 5.41) is 5.20. The lowest BCUT2D eigenvalue weighted by atomic mass is 9.96. The van der Waals surface area contributed by atoms with E-state index < -0.39 is 0 Å². The van der Waals surface area contributed by atoms with Crippen molar-refractivity contribution in [3.8, 4) is 0 Å². The van der Waals surface area contributed by atoms with Crippen molar-refractivity contribution in [3.63, 3.8) is 0 Å². The van der Waals surface area contributed by atoms with Crippen LogP contribution in [0.4, 0.5) is 10.7 Å². The molecular formula is C36H37N3OS. The molecule has 1 N–H and O–H groups in total. The minimum absolute atomic E-state index is 0.0527. The number of amides is 1. The molecule has 0 unspecified atom stereocenters. The van der Waals surface area contributed by atoms with E-state index in [4.69, 9.17) is 4.99 Å². The van der Waals surface area contributed by atoms with Crippen LogP contribution in [0.15, 0.2) is 77.8 Å². The van der Waals surface area contributed by atoms with E-state index in [1.807, 2.05) is 37.4 Å². The number of hydrogen-bond donors (Lipinski definition) is 1. The Morgan fingerprint density at radius 2 is 1.71 bits per heavy atom. The number of aryl methyl sites for hydroxylation is 3. The molecule has 5 heteroatoms. The van der Waals surface area contributed by atoms with Crippen LogP contribution in [0, 0.1) is 20.8 Å². The molecular weight excluding hydrogens is 522 g/mol. The molecule has 1 aliphatic carbocycles. The first kappa shape index (κ1) is 27.2. The summed E-state index contributed by atoms with van der Waals surface area (Å²) >= 11 is 1.70. The average molecular weight is 560 g/mol. The van der Waals surface area contributed by atoms with Gasteiger partial charge in [-0.1, -0.05) is 79.1 Å². The van der Waals surface area contributed by atoms with E-state index in [0.717, 1.165) is 53.2 Å². The molecule has 0 aliphatic heterocycles. The van der Waals surface area contributed by atoms with Crippen LogP contribution in [-0.4, -0.2) is 16.7 Å². The Bertz CT molecular complexity index is 1760. The topological polar surface area (TPSA) is 46.4 Å². The van der Waals surface area contributed by atoms with Gasteiger partial charge < -0.3 is 9.88 Å². The molecule has 6 rings (SSSR count). The van der Waals surface area contributed by atoms with Crippen molar-refractivity contribution in [2.75, 3.05) is 5.32 Å². The lowest BCUT2D eigenvalue weighted by Crippen LogP contribution is -2.15. The van der Waals surface area contributed by atoms with E-state index in [-0.39, 0.29) is 5.91 Å². The second kappa shape index (κ2) is 11.9. The first-order chi connectivity index (χ1) is 20.0. The highest BCUT2D eigenvalue weighted by Gasteiger charge is 2.25. The van der Waals surface area contributed by atoms with Crippen LogP contribution >= 0.6 is 11.3 Å².